The smallest absolute Gasteiger partial charge is 0.123 e. The van der Waals surface area contributed by atoms with E-state index in [0.29, 0.717) is 5.76 Å². The quantitative estimate of drug-likeness (QED) is 0.717. The average molecular weight is 207 g/mol. The van der Waals surface area contributed by atoms with Crippen molar-refractivity contribution in [3.05, 3.63) is 35.8 Å². The summed E-state index contributed by atoms with van der Waals surface area (Å²) in [6, 6.07) is 0. The first-order chi connectivity index (χ1) is 7.07. The van der Waals surface area contributed by atoms with Crippen LogP contribution in [-0.4, -0.2) is 23.6 Å². The van der Waals surface area contributed by atoms with Gasteiger partial charge in [-0.2, -0.15) is 0 Å². The minimum Gasteiger partial charge on any atom is -0.507 e. The van der Waals surface area contributed by atoms with E-state index >= 15 is 0 Å². The maximum Gasteiger partial charge on any atom is 0.123 e. The molecule has 1 saturated heterocycles. The number of nitrogens with zero attached hydrogens (tertiary/aromatic N) is 1. The van der Waals surface area contributed by atoms with Crippen LogP contribution >= 0.6 is 0 Å². The first-order valence-corrected chi connectivity index (χ1v) is 5.58. The molecular formula is C13H21NO. The number of aliphatic hydroxyl groups is 1. The summed E-state index contributed by atoms with van der Waals surface area (Å²) in [7, 11) is 2.01. The number of allylic oxidation sites excluding steroid dienone is 2. The van der Waals surface area contributed by atoms with Crippen LogP contribution in [0.2, 0.25) is 0 Å². The Morgan fingerprint density at radius 2 is 2.20 bits per heavy atom. The fourth-order valence-corrected chi connectivity index (χ4v) is 1.89. The zero-order chi connectivity index (χ0) is 11.4. The van der Waals surface area contributed by atoms with Crippen LogP contribution in [0.1, 0.15) is 32.6 Å². The molecule has 1 heterocycles. The van der Waals surface area contributed by atoms with Crippen LogP contribution in [0.15, 0.2) is 35.8 Å². The van der Waals surface area contributed by atoms with Gasteiger partial charge in [0, 0.05) is 24.9 Å². The molecule has 0 bridgehead atoms. The van der Waals surface area contributed by atoms with E-state index in [1.165, 1.54) is 0 Å². The third-order valence-corrected chi connectivity index (χ3v) is 2.90. The van der Waals surface area contributed by atoms with Crippen molar-refractivity contribution in [2.75, 3.05) is 13.6 Å². The highest BCUT2D eigenvalue weighted by molar-refractivity contribution is 5.39. The van der Waals surface area contributed by atoms with Crippen LogP contribution in [0.25, 0.3) is 0 Å². The normalized spacial score (nSPS) is 20.4. The highest BCUT2D eigenvalue weighted by Crippen LogP contribution is 2.29. The lowest BCUT2D eigenvalue weighted by molar-refractivity contribution is 0.357. The lowest BCUT2D eigenvalue weighted by Gasteiger charge is -2.29. The fourth-order valence-electron chi connectivity index (χ4n) is 1.89. The minimum atomic E-state index is 0.369. The summed E-state index contributed by atoms with van der Waals surface area (Å²) in [5, 5.41) is 10.1. The van der Waals surface area contributed by atoms with Gasteiger partial charge in [0.1, 0.15) is 5.76 Å². The number of likely N-dealkylation sites (tertiary alicyclic amines) is 1. The van der Waals surface area contributed by atoms with Gasteiger partial charge in [0.25, 0.3) is 0 Å². The summed E-state index contributed by atoms with van der Waals surface area (Å²) in [6.07, 6.45) is 3.86. The summed E-state index contributed by atoms with van der Waals surface area (Å²) >= 11 is 0. The number of piperidine rings is 1. The van der Waals surface area contributed by atoms with Crippen molar-refractivity contribution in [3.63, 3.8) is 0 Å². The monoisotopic (exact) mass is 207 g/mol. The highest BCUT2D eigenvalue weighted by Gasteiger charge is 2.19. The Hall–Kier alpha value is -1.18. The van der Waals surface area contributed by atoms with Crippen molar-refractivity contribution >= 4 is 0 Å². The van der Waals surface area contributed by atoms with Crippen molar-refractivity contribution in [1.29, 1.82) is 0 Å². The molecule has 0 saturated carbocycles. The van der Waals surface area contributed by atoms with Crippen molar-refractivity contribution in [1.82, 2.24) is 4.90 Å². The van der Waals surface area contributed by atoms with E-state index in [0.717, 1.165) is 49.1 Å². The molecular weight excluding hydrogens is 186 g/mol. The topological polar surface area (TPSA) is 23.5 Å². The van der Waals surface area contributed by atoms with E-state index < -0.39 is 0 Å². The molecule has 2 nitrogen and oxygen atoms in total. The lowest BCUT2D eigenvalue weighted by Crippen LogP contribution is -2.25. The van der Waals surface area contributed by atoms with Gasteiger partial charge < -0.3 is 10.0 Å². The van der Waals surface area contributed by atoms with Crippen LogP contribution in [0.4, 0.5) is 0 Å². The minimum absolute atomic E-state index is 0.369. The predicted molar refractivity (Wildman–Crippen MR) is 64.7 cm³/mol. The molecule has 1 aliphatic rings. The van der Waals surface area contributed by atoms with Gasteiger partial charge >= 0.3 is 0 Å². The molecule has 0 atom stereocenters. The molecule has 84 valence electrons. The maximum atomic E-state index is 10.1. The molecule has 0 unspecified atom stereocenters. The van der Waals surface area contributed by atoms with E-state index in [9.17, 15) is 5.11 Å². The number of rotatable bonds is 3. The molecule has 15 heavy (non-hydrogen) atoms. The molecule has 0 aromatic heterocycles. The summed E-state index contributed by atoms with van der Waals surface area (Å²) in [5.74, 6) is 0.369. The zero-order valence-electron chi connectivity index (χ0n) is 9.84. The van der Waals surface area contributed by atoms with Crippen LogP contribution in [0, 0.1) is 0 Å². The van der Waals surface area contributed by atoms with E-state index in [4.69, 9.17) is 0 Å². The number of hydrogen-bond acceptors (Lipinski definition) is 2. The highest BCUT2D eigenvalue weighted by atomic mass is 16.3. The maximum absolute atomic E-state index is 10.1. The van der Waals surface area contributed by atoms with Gasteiger partial charge in [-0.3, -0.25) is 0 Å². The first-order valence-electron chi connectivity index (χ1n) is 5.58. The SMILES string of the molecule is C=C(CCC)/C(O)=C1\CCCN(C)C1=C. The molecule has 1 rings (SSSR count). The van der Waals surface area contributed by atoms with E-state index in [-0.39, 0.29) is 0 Å². The third-order valence-electron chi connectivity index (χ3n) is 2.90. The number of aliphatic hydroxyl groups excluding tert-OH is 1. The van der Waals surface area contributed by atoms with Gasteiger partial charge in [-0.05, 0) is 24.8 Å². The van der Waals surface area contributed by atoms with Crippen LogP contribution in [0.5, 0.6) is 0 Å². The lowest BCUT2D eigenvalue weighted by atomic mass is 9.96. The van der Waals surface area contributed by atoms with E-state index in [1.807, 2.05) is 7.05 Å². The van der Waals surface area contributed by atoms with Gasteiger partial charge in [-0.25, -0.2) is 0 Å². The molecule has 0 radical (unpaired) electrons. The van der Waals surface area contributed by atoms with Crippen molar-refractivity contribution in [3.8, 4) is 0 Å². The second-order valence-corrected chi connectivity index (χ2v) is 4.15. The predicted octanol–water partition coefficient (Wildman–Crippen LogP) is 3.39. The molecule has 1 fully saturated rings. The van der Waals surface area contributed by atoms with Crippen LogP contribution in [0.3, 0.4) is 0 Å². The molecule has 2 heteroatoms. The van der Waals surface area contributed by atoms with Gasteiger partial charge in [0.15, 0.2) is 0 Å². The van der Waals surface area contributed by atoms with Crippen LogP contribution in [-0.2, 0) is 0 Å². The largest absolute Gasteiger partial charge is 0.507 e. The standard InChI is InChI=1S/C13H21NO/c1-5-7-10(2)13(15)12-8-6-9-14(4)11(12)3/h15H,2-3,5-9H2,1,4H3/b13-12-. The molecule has 0 amide bonds. The molecule has 0 spiro atoms. The molecule has 0 aliphatic carbocycles. The Kier molecular flexibility index (Phi) is 4.01. The summed E-state index contributed by atoms with van der Waals surface area (Å²) in [6.45, 7) is 11.0. The summed E-state index contributed by atoms with van der Waals surface area (Å²) < 4.78 is 0. The molecule has 0 aromatic carbocycles. The number of hydrogen-bond donors (Lipinski definition) is 1. The Morgan fingerprint density at radius 1 is 1.53 bits per heavy atom. The molecule has 0 aromatic rings. The Morgan fingerprint density at radius 3 is 2.80 bits per heavy atom. The van der Waals surface area contributed by atoms with E-state index in [1.54, 1.807) is 0 Å². The van der Waals surface area contributed by atoms with Gasteiger partial charge in [-0.15, -0.1) is 0 Å². The number of likely N-dealkylation sites (N-methyl/N-ethyl adjacent to an activating group) is 1. The summed E-state index contributed by atoms with van der Waals surface area (Å²) in [4.78, 5) is 2.09. The second kappa shape index (κ2) is 5.06. The Labute approximate surface area is 92.6 Å². The van der Waals surface area contributed by atoms with Gasteiger partial charge in [0.2, 0.25) is 0 Å². The Bertz CT molecular complexity index is 302. The molecule has 1 N–H and O–H groups in total. The van der Waals surface area contributed by atoms with Crippen molar-refractivity contribution in [2.45, 2.75) is 32.6 Å². The zero-order valence-corrected chi connectivity index (χ0v) is 9.84. The van der Waals surface area contributed by atoms with E-state index in [2.05, 4.69) is 25.0 Å². The molecule has 1 aliphatic heterocycles. The third kappa shape index (κ3) is 2.65. The average Bonchev–Trinajstić information content (AvgIpc) is 2.21. The summed E-state index contributed by atoms with van der Waals surface area (Å²) in [5.41, 5.74) is 2.75. The van der Waals surface area contributed by atoms with Gasteiger partial charge in [-0.1, -0.05) is 26.5 Å². The second-order valence-electron chi connectivity index (χ2n) is 4.15. The fraction of sp³-hybridized carbons (Fsp3) is 0.538. The van der Waals surface area contributed by atoms with Crippen LogP contribution < -0.4 is 0 Å². The van der Waals surface area contributed by atoms with Crippen molar-refractivity contribution < 1.29 is 5.11 Å². The first kappa shape index (κ1) is 11.9. The van der Waals surface area contributed by atoms with Crippen molar-refractivity contribution in [2.24, 2.45) is 0 Å². The Balaban J connectivity index is 2.87. The van der Waals surface area contributed by atoms with Gasteiger partial charge in [0.05, 0.1) is 0 Å².